The fourth-order valence-corrected chi connectivity index (χ4v) is 1.29. The molecule has 0 aromatic heterocycles. The molecule has 3 nitrogen and oxygen atoms in total. The number of hydrogen-bond acceptors (Lipinski definition) is 3. The number of nitro benzene ring substituents is 1. The van der Waals surface area contributed by atoms with Gasteiger partial charge in [-0.15, -0.1) is 12.6 Å². The number of halogens is 1. The molecule has 0 aliphatic heterocycles. The number of thiol groups is 1. The molecule has 1 aromatic carbocycles. The summed E-state index contributed by atoms with van der Waals surface area (Å²) in [5.74, 6) is -0.843. The van der Waals surface area contributed by atoms with Crippen LogP contribution in [0.2, 0.25) is 0 Å². The van der Waals surface area contributed by atoms with Gasteiger partial charge in [0.2, 0.25) is 5.82 Å². The van der Waals surface area contributed by atoms with E-state index in [1.165, 1.54) is 6.07 Å². The number of hydrogen-bond donors (Lipinski definition) is 1. The molecule has 12 heavy (non-hydrogen) atoms. The van der Waals surface area contributed by atoms with Crippen molar-refractivity contribution in [2.45, 2.75) is 11.8 Å². The van der Waals surface area contributed by atoms with Crippen LogP contribution in [0.15, 0.2) is 17.0 Å². The first-order chi connectivity index (χ1) is 5.52. The molecule has 0 atom stereocenters. The van der Waals surface area contributed by atoms with Crippen molar-refractivity contribution < 1.29 is 9.31 Å². The quantitative estimate of drug-likeness (QED) is 0.416. The second-order valence-electron chi connectivity index (χ2n) is 2.37. The highest BCUT2D eigenvalue weighted by molar-refractivity contribution is 7.80. The molecule has 0 fully saturated rings. The lowest BCUT2D eigenvalue weighted by Gasteiger charge is -1.98. The topological polar surface area (TPSA) is 43.1 Å². The predicted octanol–water partition coefficient (Wildman–Crippen LogP) is 2.33. The summed E-state index contributed by atoms with van der Waals surface area (Å²) in [5, 5.41) is 10.3. The Balaban J connectivity index is 3.38. The second-order valence-corrected chi connectivity index (χ2v) is 2.85. The molecule has 64 valence electrons. The van der Waals surface area contributed by atoms with E-state index < -0.39 is 16.4 Å². The van der Waals surface area contributed by atoms with E-state index in [1.54, 1.807) is 6.92 Å². The van der Waals surface area contributed by atoms with Gasteiger partial charge in [0, 0.05) is 0 Å². The first kappa shape index (κ1) is 8.99. The summed E-state index contributed by atoms with van der Waals surface area (Å²) in [5.41, 5.74) is 0.0482. The van der Waals surface area contributed by atoms with Crippen molar-refractivity contribution in [2.75, 3.05) is 0 Å². The average Bonchev–Trinajstić information content (AvgIpc) is 1.82. The van der Waals surface area contributed by atoms with Crippen molar-refractivity contribution in [3.05, 3.63) is 33.6 Å². The highest BCUT2D eigenvalue weighted by atomic mass is 32.1. The minimum Gasteiger partial charge on any atom is -0.258 e. The third-order valence-corrected chi connectivity index (χ3v) is 1.71. The minimum atomic E-state index is -0.843. The highest BCUT2D eigenvalue weighted by Gasteiger charge is 2.18. The summed E-state index contributed by atoms with van der Waals surface area (Å²) in [6.45, 7) is 1.65. The summed E-state index contributed by atoms with van der Waals surface area (Å²) >= 11 is 3.80. The number of rotatable bonds is 1. The summed E-state index contributed by atoms with van der Waals surface area (Å²) in [7, 11) is 0. The van der Waals surface area contributed by atoms with Crippen molar-refractivity contribution in [3.8, 4) is 0 Å². The van der Waals surface area contributed by atoms with E-state index in [2.05, 4.69) is 12.6 Å². The summed E-state index contributed by atoms with van der Waals surface area (Å²) in [6.07, 6.45) is 0. The molecule has 0 radical (unpaired) electrons. The van der Waals surface area contributed by atoms with Crippen LogP contribution in [0.3, 0.4) is 0 Å². The molecule has 0 amide bonds. The van der Waals surface area contributed by atoms with Crippen molar-refractivity contribution in [1.82, 2.24) is 0 Å². The molecule has 5 heteroatoms. The Kier molecular flexibility index (Phi) is 2.32. The molecular weight excluding hydrogens is 181 g/mol. The van der Waals surface area contributed by atoms with E-state index in [4.69, 9.17) is 0 Å². The summed E-state index contributed by atoms with van der Waals surface area (Å²) < 4.78 is 12.9. The van der Waals surface area contributed by atoms with E-state index in [0.717, 1.165) is 6.07 Å². The maximum absolute atomic E-state index is 12.9. The van der Waals surface area contributed by atoms with E-state index in [0.29, 0.717) is 5.56 Å². The number of nitrogens with zero attached hydrogens (tertiary/aromatic N) is 1. The van der Waals surface area contributed by atoms with E-state index in [9.17, 15) is 14.5 Å². The zero-order valence-electron chi connectivity index (χ0n) is 6.24. The van der Waals surface area contributed by atoms with E-state index in [-0.39, 0.29) is 4.90 Å². The largest absolute Gasteiger partial charge is 0.317 e. The van der Waals surface area contributed by atoms with Gasteiger partial charge in [0.1, 0.15) is 0 Å². The molecule has 0 bridgehead atoms. The van der Waals surface area contributed by atoms with Gasteiger partial charge in [-0.25, -0.2) is 0 Å². The molecule has 0 heterocycles. The predicted molar refractivity (Wildman–Crippen MR) is 45.0 cm³/mol. The van der Waals surface area contributed by atoms with Gasteiger partial charge in [-0.3, -0.25) is 10.1 Å². The average molecular weight is 187 g/mol. The molecule has 0 aliphatic rings. The standard InChI is InChI=1S/C7H6FNO2S/c1-4-2-5(8)7(9(10)11)6(12)3-4/h2-3,12H,1H3. The fourth-order valence-electron chi connectivity index (χ4n) is 0.897. The van der Waals surface area contributed by atoms with Crippen LogP contribution in [0.4, 0.5) is 10.1 Å². The Morgan fingerprint density at radius 3 is 2.58 bits per heavy atom. The van der Waals surface area contributed by atoms with Crippen LogP contribution >= 0.6 is 12.6 Å². The van der Waals surface area contributed by atoms with Gasteiger partial charge in [0.15, 0.2) is 0 Å². The van der Waals surface area contributed by atoms with Crippen molar-refractivity contribution in [1.29, 1.82) is 0 Å². The molecule has 1 aromatic rings. The molecule has 0 spiro atoms. The summed E-state index contributed by atoms with van der Waals surface area (Å²) in [4.78, 5) is 9.54. The van der Waals surface area contributed by atoms with E-state index >= 15 is 0 Å². The van der Waals surface area contributed by atoms with Crippen molar-refractivity contribution in [3.63, 3.8) is 0 Å². The Morgan fingerprint density at radius 2 is 2.17 bits per heavy atom. The van der Waals surface area contributed by atoms with Crippen LogP contribution in [0, 0.1) is 22.9 Å². The number of aryl methyl sites for hydroxylation is 1. The van der Waals surface area contributed by atoms with Gasteiger partial charge in [-0.2, -0.15) is 4.39 Å². The summed E-state index contributed by atoms with van der Waals surface area (Å²) in [6, 6.07) is 2.56. The molecule has 1 rings (SSSR count). The molecule has 0 saturated carbocycles. The van der Waals surface area contributed by atoms with Crippen LogP contribution in [-0.2, 0) is 0 Å². The second kappa shape index (κ2) is 3.10. The monoisotopic (exact) mass is 187 g/mol. The Hall–Kier alpha value is -1.10. The molecule has 0 saturated heterocycles. The van der Waals surface area contributed by atoms with Gasteiger partial charge in [-0.1, -0.05) is 0 Å². The van der Waals surface area contributed by atoms with Gasteiger partial charge < -0.3 is 0 Å². The lowest BCUT2D eigenvalue weighted by Crippen LogP contribution is -1.94. The van der Waals surface area contributed by atoms with Gasteiger partial charge in [0.25, 0.3) is 0 Å². The van der Waals surface area contributed by atoms with E-state index in [1.807, 2.05) is 0 Å². The highest BCUT2D eigenvalue weighted by Crippen LogP contribution is 2.26. The molecule has 0 N–H and O–H groups in total. The van der Waals surface area contributed by atoms with Gasteiger partial charge in [0.05, 0.1) is 9.82 Å². The van der Waals surface area contributed by atoms with Gasteiger partial charge >= 0.3 is 5.69 Å². The van der Waals surface area contributed by atoms with Crippen LogP contribution < -0.4 is 0 Å². The van der Waals surface area contributed by atoms with Crippen molar-refractivity contribution >= 4 is 18.3 Å². The Morgan fingerprint density at radius 1 is 1.58 bits per heavy atom. The van der Waals surface area contributed by atoms with Crippen LogP contribution in [0.5, 0.6) is 0 Å². The molecule has 0 unspecified atom stereocenters. The minimum absolute atomic E-state index is 0.0532. The maximum Gasteiger partial charge on any atom is 0.317 e. The van der Waals surface area contributed by atoms with Crippen LogP contribution in [0.1, 0.15) is 5.56 Å². The zero-order chi connectivity index (χ0) is 9.30. The third kappa shape index (κ3) is 1.55. The maximum atomic E-state index is 12.9. The fraction of sp³-hybridized carbons (Fsp3) is 0.143. The Labute approximate surface area is 73.8 Å². The number of benzene rings is 1. The zero-order valence-corrected chi connectivity index (χ0v) is 7.14. The van der Waals surface area contributed by atoms with Gasteiger partial charge in [-0.05, 0) is 24.6 Å². The molecular formula is C7H6FNO2S. The first-order valence-electron chi connectivity index (χ1n) is 3.16. The number of nitro groups is 1. The first-order valence-corrected chi connectivity index (χ1v) is 3.60. The van der Waals surface area contributed by atoms with Crippen LogP contribution in [0.25, 0.3) is 0 Å². The lowest BCUT2D eigenvalue weighted by atomic mass is 10.2. The normalized spacial score (nSPS) is 9.92. The SMILES string of the molecule is Cc1cc(F)c([N+](=O)[O-])c(S)c1. The smallest absolute Gasteiger partial charge is 0.258 e. The lowest BCUT2D eigenvalue weighted by molar-refractivity contribution is -0.390. The third-order valence-electron chi connectivity index (χ3n) is 1.37. The van der Waals surface area contributed by atoms with Crippen molar-refractivity contribution in [2.24, 2.45) is 0 Å². The Bertz CT molecular complexity index is 317. The molecule has 0 aliphatic carbocycles. The van der Waals surface area contributed by atoms with Crippen LogP contribution in [-0.4, -0.2) is 4.92 Å².